The second-order valence-electron chi connectivity index (χ2n) is 5.73. The van der Waals surface area contributed by atoms with Crippen molar-refractivity contribution < 1.29 is 23.1 Å². The first-order valence-electron chi connectivity index (χ1n) is 7.24. The van der Waals surface area contributed by atoms with Gasteiger partial charge in [0.2, 0.25) is 15.9 Å². The van der Waals surface area contributed by atoms with Gasteiger partial charge in [-0.2, -0.15) is 4.31 Å². The van der Waals surface area contributed by atoms with Gasteiger partial charge in [-0.25, -0.2) is 13.2 Å². The van der Waals surface area contributed by atoms with Crippen LogP contribution in [0.5, 0.6) is 0 Å². The van der Waals surface area contributed by atoms with Crippen molar-refractivity contribution >= 4 is 21.9 Å². The Kier molecular flexibility index (Phi) is 5.06. The predicted molar refractivity (Wildman–Crippen MR) is 84.4 cm³/mol. The molecule has 7 nitrogen and oxygen atoms in total. The summed E-state index contributed by atoms with van der Waals surface area (Å²) >= 11 is 0. The van der Waals surface area contributed by atoms with Gasteiger partial charge in [0, 0.05) is 20.1 Å². The van der Waals surface area contributed by atoms with E-state index in [0.29, 0.717) is 25.9 Å². The molecule has 1 saturated heterocycles. The zero-order valence-electron chi connectivity index (χ0n) is 13.1. The van der Waals surface area contributed by atoms with Crippen LogP contribution in [0.25, 0.3) is 0 Å². The van der Waals surface area contributed by atoms with E-state index in [1.165, 1.54) is 21.3 Å². The maximum atomic E-state index is 12.5. The summed E-state index contributed by atoms with van der Waals surface area (Å²) in [6.07, 6.45) is 2.31. The zero-order chi connectivity index (χ0) is 17.2. The Labute approximate surface area is 135 Å². The molecule has 1 heterocycles. The molecular formula is C15H20N2O5S. The van der Waals surface area contributed by atoms with Gasteiger partial charge in [0.1, 0.15) is 6.04 Å². The molecule has 0 bridgehead atoms. The molecule has 1 unspecified atom stereocenters. The molecule has 1 aliphatic heterocycles. The van der Waals surface area contributed by atoms with Crippen LogP contribution in [0.3, 0.4) is 0 Å². The molecule has 0 saturated carbocycles. The van der Waals surface area contributed by atoms with Gasteiger partial charge in [0.05, 0.1) is 11.8 Å². The van der Waals surface area contributed by atoms with Crippen molar-refractivity contribution in [2.24, 2.45) is 0 Å². The van der Waals surface area contributed by atoms with Gasteiger partial charge in [-0.05, 0) is 30.5 Å². The molecule has 1 atom stereocenters. The lowest BCUT2D eigenvalue weighted by Crippen LogP contribution is -2.45. The van der Waals surface area contributed by atoms with Crippen LogP contribution >= 0.6 is 0 Å². The second kappa shape index (κ2) is 6.67. The Morgan fingerprint density at radius 2 is 1.91 bits per heavy atom. The fourth-order valence-electron chi connectivity index (χ4n) is 2.74. The van der Waals surface area contributed by atoms with Gasteiger partial charge >= 0.3 is 5.97 Å². The minimum atomic E-state index is -3.40. The summed E-state index contributed by atoms with van der Waals surface area (Å²) in [5, 5.41) is 8.87. The number of aromatic carboxylic acids is 1. The van der Waals surface area contributed by atoms with Crippen molar-refractivity contribution in [3.8, 4) is 0 Å². The third-order valence-corrected chi connectivity index (χ3v) is 5.20. The van der Waals surface area contributed by atoms with Crippen molar-refractivity contribution in [2.45, 2.75) is 25.4 Å². The van der Waals surface area contributed by atoms with Gasteiger partial charge < -0.3 is 10.0 Å². The van der Waals surface area contributed by atoms with Crippen molar-refractivity contribution in [3.05, 3.63) is 35.4 Å². The quantitative estimate of drug-likeness (QED) is 0.854. The number of hydrogen-bond acceptors (Lipinski definition) is 4. The summed E-state index contributed by atoms with van der Waals surface area (Å²) in [4.78, 5) is 24.8. The Bertz CT molecular complexity index is 699. The fourth-order valence-corrected chi connectivity index (χ4v) is 3.86. The van der Waals surface area contributed by atoms with Crippen LogP contribution in [0.4, 0.5) is 0 Å². The van der Waals surface area contributed by atoms with E-state index in [9.17, 15) is 18.0 Å². The molecule has 0 aromatic heterocycles. The lowest BCUT2D eigenvalue weighted by atomic mass is 10.1. The Morgan fingerprint density at radius 3 is 2.43 bits per heavy atom. The van der Waals surface area contributed by atoms with Gasteiger partial charge in [0.25, 0.3) is 0 Å². The second-order valence-corrected chi connectivity index (χ2v) is 7.66. The number of amides is 1. The van der Waals surface area contributed by atoms with Crippen LogP contribution in [0.2, 0.25) is 0 Å². The lowest BCUT2D eigenvalue weighted by Gasteiger charge is -2.26. The summed E-state index contributed by atoms with van der Waals surface area (Å²) in [6.45, 7) is 0.670. The monoisotopic (exact) mass is 340 g/mol. The highest BCUT2D eigenvalue weighted by molar-refractivity contribution is 7.88. The molecule has 2 rings (SSSR count). The molecule has 8 heteroatoms. The van der Waals surface area contributed by atoms with Crippen molar-refractivity contribution in [1.82, 2.24) is 9.21 Å². The van der Waals surface area contributed by atoms with Gasteiger partial charge in [-0.15, -0.1) is 0 Å². The maximum absolute atomic E-state index is 12.5. The smallest absolute Gasteiger partial charge is 0.335 e. The standard InChI is InChI=1S/C15H20N2O5S/c1-16(10-11-5-7-12(8-6-11)15(19)20)14(18)13-4-3-9-17(13)23(2,21)22/h5-8,13H,3-4,9-10H2,1-2H3,(H,19,20). The van der Waals surface area contributed by atoms with Crippen molar-refractivity contribution in [3.63, 3.8) is 0 Å². The number of carboxylic acid groups (broad SMARTS) is 1. The first-order chi connectivity index (χ1) is 10.7. The van der Waals surface area contributed by atoms with Crippen LogP contribution in [-0.4, -0.2) is 60.5 Å². The van der Waals surface area contributed by atoms with Crippen LogP contribution in [0, 0.1) is 0 Å². The fraction of sp³-hybridized carbons (Fsp3) is 0.467. The van der Waals surface area contributed by atoms with Gasteiger partial charge in [-0.3, -0.25) is 4.79 Å². The predicted octanol–water partition coefficient (Wildman–Crippen LogP) is 0.767. The van der Waals surface area contributed by atoms with E-state index in [-0.39, 0.29) is 11.5 Å². The summed E-state index contributed by atoms with van der Waals surface area (Å²) in [5.74, 6) is -1.24. The number of carbonyl (C=O) groups excluding carboxylic acids is 1. The number of hydrogen-bond donors (Lipinski definition) is 1. The SMILES string of the molecule is CN(Cc1ccc(C(=O)O)cc1)C(=O)C1CCCN1S(C)(=O)=O. The topological polar surface area (TPSA) is 95.0 Å². The minimum absolute atomic E-state index is 0.182. The van der Waals surface area contributed by atoms with E-state index in [1.807, 2.05) is 0 Å². The highest BCUT2D eigenvalue weighted by atomic mass is 32.2. The number of nitrogens with zero attached hydrogens (tertiary/aromatic N) is 2. The highest BCUT2D eigenvalue weighted by Gasteiger charge is 2.37. The molecule has 1 N–H and O–H groups in total. The number of sulfonamides is 1. The van der Waals surface area contributed by atoms with Crippen LogP contribution < -0.4 is 0 Å². The van der Waals surface area contributed by atoms with Gasteiger partial charge in [-0.1, -0.05) is 12.1 Å². The Balaban J connectivity index is 2.06. The average Bonchev–Trinajstić information content (AvgIpc) is 2.96. The first kappa shape index (κ1) is 17.4. The summed E-state index contributed by atoms with van der Waals surface area (Å²) in [7, 11) is -1.78. The zero-order valence-corrected chi connectivity index (χ0v) is 13.9. The molecule has 23 heavy (non-hydrogen) atoms. The third-order valence-electron chi connectivity index (χ3n) is 3.91. The van der Waals surface area contributed by atoms with Crippen molar-refractivity contribution in [2.75, 3.05) is 19.8 Å². The third kappa shape index (κ3) is 4.08. The molecule has 1 amide bonds. The largest absolute Gasteiger partial charge is 0.478 e. The molecule has 1 fully saturated rings. The van der Waals surface area contributed by atoms with E-state index in [4.69, 9.17) is 5.11 Å². The number of carboxylic acids is 1. The van der Waals surface area contributed by atoms with E-state index in [1.54, 1.807) is 19.2 Å². The minimum Gasteiger partial charge on any atom is -0.478 e. The van der Waals surface area contributed by atoms with E-state index >= 15 is 0 Å². The molecule has 1 aromatic carbocycles. The summed E-state index contributed by atoms with van der Waals surface area (Å²) in [6, 6.07) is 5.61. The van der Waals surface area contributed by atoms with Gasteiger partial charge in [0.15, 0.2) is 0 Å². The molecule has 0 aliphatic carbocycles. The molecule has 126 valence electrons. The maximum Gasteiger partial charge on any atom is 0.335 e. The lowest BCUT2D eigenvalue weighted by molar-refractivity contribution is -0.133. The van der Waals surface area contributed by atoms with Crippen molar-refractivity contribution in [1.29, 1.82) is 0 Å². The normalized spacial score (nSPS) is 18.8. The molecule has 1 aliphatic rings. The number of carbonyl (C=O) groups is 2. The van der Waals surface area contributed by atoms with E-state index < -0.39 is 22.0 Å². The van der Waals surface area contributed by atoms with Crippen LogP contribution in [0.15, 0.2) is 24.3 Å². The van der Waals surface area contributed by atoms with Crippen LogP contribution in [0.1, 0.15) is 28.8 Å². The highest BCUT2D eigenvalue weighted by Crippen LogP contribution is 2.22. The molecule has 0 spiro atoms. The molecule has 0 radical (unpaired) electrons. The van der Waals surface area contributed by atoms with E-state index in [0.717, 1.165) is 11.8 Å². The Morgan fingerprint density at radius 1 is 1.30 bits per heavy atom. The number of likely N-dealkylation sites (N-methyl/N-ethyl adjacent to an activating group) is 1. The molecule has 1 aromatic rings. The Hall–Kier alpha value is -1.93. The van der Waals surface area contributed by atoms with Crippen LogP contribution in [-0.2, 0) is 21.4 Å². The number of benzene rings is 1. The molecular weight excluding hydrogens is 320 g/mol. The summed E-state index contributed by atoms with van der Waals surface area (Å²) in [5.41, 5.74) is 0.969. The van der Waals surface area contributed by atoms with E-state index in [2.05, 4.69) is 0 Å². The average molecular weight is 340 g/mol. The summed E-state index contributed by atoms with van der Waals surface area (Å²) < 4.78 is 24.7. The first-order valence-corrected chi connectivity index (χ1v) is 9.09. The number of rotatable bonds is 5.